The van der Waals surface area contributed by atoms with Gasteiger partial charge in [0.1, 0.15) is 11.1 Å². The van der Waals surface area contributed by atoms with Gasteiger partial charge in [0.05, 0.1) is 18.2 Å². The molecule has 0 bridgehead atoms. The fraction of sp³-hybridized carbons (Fsp3) is 0.257. The lowest BCUT2D eigenvalue weighted by molar-refractivity contribution is 0.0600. The molecule has 7 heteroatoms. The maximum Gasteiger partial charge on any atom is 0.337 e. The SMILES string of the molecule is CCCCN(CCCC)c1ccc2oc3c4oc(-c5ccc(C(=O)OC)cc5)nc4c4[nH]c5ccccc5c4c3c2c1. The monoisotopic (exact) mass is 559 g/mol. The first-order valence-electron chi connectivity index (χ1n) is 14.7. The van der Waals surface area contributed by atoms with Crippen molar-refractivity contribution in [3.63, 3.8) is 0 Å². The second kappa shape index (κ2) is 10.6. The van der Waals surface area contributed by atoms with E-state index in [9.17, 15) is 4.79 Å². The number of benzene rings is 4. The van der Waals surface area contributed by atoms with Gasteiger partial charge in [-0.15, -0.1) is 0 Å². The second-order valence-electron chi connectivity index (χ2n) is 10.9. The first kappa shape index (κ1) is 26.1. The lowest BCUT2D eigenvalue weighted by Gasteiger charge is -2.24. The Bertz CT molecular complexity index is 2070. The Morgan fingerprint density at radius 2 is 1.64 bits per heavy atom. The summed E-state index contributed by atoms with van der Waals surface area (Å²) in [5, 5.41) is 4.30. The number of aromatic amines is 1. The van der Waals surface area contributed by atoms with E-state index in [2.05, 4.69) is 60.1 Å². The van der Waals surface area contributed by atoms with Crippen LogP contribution in [0.15, 0.2) is 75.6 Å². The number of rotatable bonds is 9. The van der Waals surface area contributed by atoms with Gasteiger partial charge in [-0.2, -0.15) is 0 Å². The topological polar surface area (TPSA) is 84.5 Å². The molecule has 0 atom stereocenters. The Hall–Kier alpha value is -4.78. The van der Waals surface area contributed by atoms with Crippen molar-refractivity contribution in [3.05, 3.63) is 72.3 Å². The minimum absolute atomic E-state index is 0.384. The van der Waals surface area contributed by atoms with E-state index in [4.69, 9.17) is 18.6 Å². The number of methoxy groups -OCH3 is 1. The number of furan rings is 1. The smallest absolute Gasteiger partial charge is 0.337 e. The molecule has 42 heavy (non-hydrogen) atoms. The van der Waals surface area contributed by atoms with Crippen LogP contribution in [0.3, 0.4) is 0 Å². The van der Waals surface area contributed by atoms with E-state index >= 15 is 0 Å². The van der Waals surface area contributed by atoms with Crippen molar-refractivity contribution in [2.75, 3.05) is 25.1 Å². The van der Waals surface area contributed by atoms with Gasteiger partial charge in [0.15, 0.2) is 5.58 Å². The average Bonchev–Trinajstić information content (AvgIpc) is 3.74. The van der Waals surface area contributed by atoms with Crippen LogP contribution in [0.5, 0.6) is 0 Å². The molecule has 7 aromatic rings. The number of esters is 1. The van der Waals surface area contributed by atoms with Gasteiger partial charge in [0, 0.05) is 51.4 Å². The van der Waals surface area contributed by atoms with E-state index in [1.165, 1.54) is 12.8 Å². The van der Waals surface area contributed by atoms with E-state index in [-0.39, 0.29) is 5.97 Å². The number of fused-ring (bicyclic) bond motifs is 10. The first-order chi connectivity index (χ1) is 20.6. The number of hydrogen-bond acceptors (Lipinski definition) is 6. The summed E-state index contributed by atoms with van der Waals surface area (Å²) in [4.78, 5) is 23.0. The normalized spacial score (nSPS) is 11.9. The molecule has 7 rings (SSSR count). The maximum atomic E-state index is 12.0. The van der Waals surface area contributed by atoms with Crippen LogP contribution in [0.1, 0.15) is 49.9 Å². The fourth-order valence-corrected chi connectivity index (χ4v) is 5.97. The standard InChI is InChI=1S/C35H33N3O4/c1-4-6-18-38(19-7-5-2)23-16-17-27-25(20-23)29-28-24-10-8-9-11-26(24)36-30(28)31-33(32(29)41-27)42-34(37-31)21-12-14-22(15-13-21)35(39)40-3/h8-17,20,36H,4-7,18-19H2,1-3H3. The van der Waals surface area contributed by atoms with Gasteiger partial charge in [0.25, 0.3) is 0 Å². The molecule has 0 aliphatic rings. The minimum Gasteiger partial charge on any atom is -0.465 e. The van der Waals surface area contributed by atoms with Crippen molar-refractivity contribution >= 4 is 66.5 Å². The van der Waals surface area contributed by atoms with Crippen molar-refractivity contribution in [2.45, 2.75) is 39.5 Å². The molecule has 212 valence electrons. The first-order valence-corrected chi connectivity index (χ1v) is 14.7. The van der Waals surface area contributed by atoms with Gasteiger partial charge in [-0.3, -0.25) is 0 Å². The molecular formula is C35H33N3O4. The number of carbonyl (C=O) groups is 1. The summed E-state index contributed by atoms with van der Waals surface area (Å²) in [5.74, 6) is 0.0746. The van der Waals surface area contributed by atoms with Crippen molar-refractivity contribution in [1.29, 1.82) is 0 Å². The number of oxazole rings is 1. The fourth-order valence-electron chi connectivity index (χ4n) is 5.97. The summed E-state index contributed by atoms with van der Waals surface area (Å²) in [6, 6.07) is 22.0. The lowest BCUT2D eigenvalue weighted by atomic mass is 10.0. The summed E-state index contributed by atoms with van der Waals surface area (Å²) < 4.78 is 17.9. The number of unbranched alkanes of at least 4 members (excludes halogenated alkanes) is 2. The molecule has 0 amide bonds. The zero-order valence-electron chi connectivity index (χ0n) is 24.1. The Morgan fingerprint density at radius 3 is 2.38 bits per heavy atom. The average molecular weight is 560 g/mol. The van der Waals surface area contributed by atoms with Crippen LogP contribution < -0.4 is 4.90 Å². The van der Waals surface area contributed by atoms with Gasteiger partial charge in [0.2, 0.25) is 11.5 Å². The highest BCUT2D eigenvalue weighted by Gasteiger charge is 2.24. The van der Waals surface area contributed by atoms with Crippen molar-refractivity contribution in [1.82, 2.24) is 9.97 Å². The third kappa shape index (κ3) is 4.19. The number of hydrogen-bond donors (Lipinski definition) is 1. The van der Waals surface area contributed by atoms with E-state index < -0.39 is 0 Å². The molecule has 0 unspecified atom stereocenters. The highest BCUT2D eigenvalue weighted by atomic mass is 16.5. The summed E-state index contributed by atoms with van der Waals surface area (Å²) >= 11 is 0. The molecule has 4 aromatic carbocycles. The number of anilines is 1. The quantitative estimate of drug-likeness (QED) is 0.177. The number of nitrogens with one attached hydrogen (secondary N) is 1. The minimum atomic E-state index is -0.384. The molecular weight excluding hydrogens is 526 g/mol. The van der Waals surface area contributed by atoms with E-state index in [0.29, 0.717) is 28.1 Å². The largest absolute Gasteiger partial charge is 0.465 e. The number of ether oxygens (including phenoxy) is 1. The number of para-hydroxylation sites is 1. The van der Waals surface area contributed by atoms with E-state index in [0.717, 1.165) is 82.5 Å². The van der Waals surface area contributed by atoms with Crippen LogP contribution in [0.4, 0.5) is 5.69 Å². The lowest BCUT2D eigenvalue weighted by Crippen LogP contribution is -2.25. The Morgan fingerprint density at radius 1 is 0.881 bits per heavy atom. The van der Waals surface area contributed by atoms with Crippen molar-refractivity contribution < 1.29 is 18.4 Å². The Labute approximate surface area is 243 Å². The summed E-state index contributed by atoms with van der Waals surface area (Å²) in [6.45, 7) is 6.54. The number of nitrogens with zero attached hydrogens (tertiary/aromatic N) is 2. The maximum absolute atomic E-state index is 12.0. The third-order valence-corrected chi connectivity index (χ3v) is 8.18. The zero-order chi connectivity index (χ0) is 28.8. The molecule has 0 saturated heterocycles. The predicted molar refractivity (Wildman–Crippen MR) is 169 cm³/mol. The highest BCUT2D eigenvalue weighted by Crippen LogP contribution is 2.45. The molecule has 0 fully saturated rings. The van der Waals surface area contributed by atoms with Crippen molar-refractivity contribution in [3.8, 4) is 11.5 Å². The zero-order valence-corrected chi connectivity index (χ0v) is 24.1. The van der Waals surface area contributed by atoms with Gasteiger partial charge < -0.3 is 23.5 Å². The number of H-pyrrole nitrogens is 1. The van der Waals surface area contributed by atoms with Gasteiger partial charge in [-0.05, 0) is 61.4 Å². The summed E-state index contributed by atoms with van der Waals surface area (Å²) in [6.07, 6.45) is 4.63. The summed E-state index contributed by atoms with van der Waals surface area (Å²) in [7, 11) is 1.37. The van der Waals surface area contributed by atoms with Crippen LogP contribution in [0, 0.1) is 0 Å². The molecule has 7 nitrogen and oxygen atoms in total. The van der Waals surface area contributed by atoms with Crippen LogP contribution >= 0.6 is 0 Å². The van der Waals surface area contributed by atoms with Crippen LogP contribution in [0.25, 0.3) is 66.3 Å². The highest BCUT2D eigenvalue weighted by molar-refractivity contribution is 6.34. The Kier molecular flexibility index (Phi) is 6.57. The van der Waals surface area contributed by atoms with Gasteiger partial charge in [-0.25, -0.2) is 9.78 Å². The van der Waals surface area contributed by atoms with Crippen LogP contribution in [-0.2, 0) is 4.74 Å². The third-order valence-electron chi connectivity index (χ3n) is 8.18. The molecule has 0 spiro atoms. The molecule has 1 N–H and O–H groups in total. The number of aromatic nitrogens is 2. The van der Waals surface area contributed by atoms with Gasteiger partial charge in [-0.1, -0.05) is 44.9 Å². The molecule has 0 saturated carbocycles. The Balaban J connectivity index is 1.49. The second-order valence-corrected chi connectivity index (χ2v) is 10.9. The molecule has 3 aromatic heterocycles. The molecule has 0 aliphatic heterocycles. The number of carbonyl (C=O) groups excluding carboxylic acids is 1. The molecule has 3 heterocycles. The molecule has 0 radical (unpaired) electrons. The summed E-state index contributed by atoms with van der Waals surface area (Å²) in [5.41, 5.74) is 7.22. The van der Waals surface area contributed by atoms with Crippen LogP contribution in [0.2, 0.25) is 0 Å². The molecule has 0 aliphatic carbocycles. The predicted octanol–water partition coefficient (Wildman–Crippen LogP) is 9.22. The van der Waals surface area contributed by atoms with Crippen LogP contribution in [-0.4, -0.2) is 36.1 Å². The van der Waals surface area contributed by atoms with E-state index in [1.807, 2.05) is 18.2 Å². The van der Waals surface area contributed by atoms with Gasteiger partial charge >= 0.3 is 5.97 Å². The van der Waals surface area contributed by atoms with E-state index in [1.54, 1.807) is 12.1 Å². The van der Waals surface area contributed by atoms with Crippen molar-refractivity contribution in [2.24, 2.45) is 0 Å².